The van der Waals surface area contributed by atoms with Crippen molar-refractivity contribution in [1.29, 1.82) is 0 Å². The van der Waals surface area contributed by atoms with Crippen LogP contribution in [0, 0.1) is 6.92 Å². The van der Waals surface area contributed by atoms with E-state index in [-0.39, 0.29) is 0 Å². The first-order valence-electron chi connectivity index (χ1n) is 6.76. The molecule has 0 atom stereocenters. The first kappa shape index (κ1) is 13.6. The van der Waals surface area contributed by atoms with Crippen LogP contribution in [0.1, 0.15) is 36.8 Å². The normalized spacial score (nSPS) is 15.2. The fourth-order valence-electron chi connectivity index (χ4n) is 1.81. The Bertz CT molecular complexity index is 358. The fourth-order valence-corrected chi connectivity index (χ4v) is 1.81. The summed E-state index contributed by atoms with van der Waals surface area (Å²) in [6.07, 6.45) is 2.62. The summed E-state index contributed by atoms with van der Waals surface area (Å²) in [5, 5.41) is 3.49. The smallest absolute Gasteiger partial charge is 0.130 e. The first-order valence-corrected chi connectivity index (χ1v) is 6.76. The van der Waals surface area contributed by atoms with E-state index < -0.39 is 0 Å². The second kappa shape index (κ2) is 6.92. The topological polar surface area (TPSA) is 43.6 Å². The third-order valence-electron chi connectivity index (χ3n) is 3.05. The lowest BCUT2D eigenvalue weighted by Crippen LogP contribution is -2.15. The van der Waals surface area contributed by atoms with Crippen LogP contribution >= 0.6 is 0 Å². The van der Waals surface area contributed by atoms with Crippen LogP contribution in [0.25, 0.3) is 0 Å². The number of furan rings is 1. The minimum atomic E-state index is 0.525. The van der Waals surface area contributed by atoms with Crippen LogP contribution in [0.3, 0.4) is 0 Å². The number of aryl methyl sites for hydroxylation is 1. The minimum absolute atomic E-state index is 0.525. The molecule has 1 heterocycles. The Morgan fingerprint density at radius 2 is 2.11 bits per heavy atom. The molecule has 1 aromatic rings. The third-order valence-corrected chi connectivity index (χ3v) is 3.05. The minimum Gasteiger partial charge on any atom is -0.464 e. The van der Waals surface area contributed by atoms with E-state index in [2.05, 4.69) is 11.4 Å². The summed E-state index contributed by atoms with van der Waals surface area (Å²) < 4.78 is 16.4. The molecular formula is C14H23NO3. The molecule has 0 spiro atoms. The molecule has 4 heteroatoms. The maximum absolute atomic E-state index is 5.67. The molecule has 1 aliphatic carbocycles. The second-order valence-electron chi connectivity index (χ2n) is 4.70. The van der Waals surface area contributed by atoms with Gasteiger partial charge in [-0.25, -0.2) is 0 Å². The van der Waals surface area contributed by atoms with Gasteiger partial charge in [-0.15, -0.1) is 0 Å². The number of ether oxygens (including phenoxy) is 2. The lowest BCUT2D eigenvalue weighted by atomic mass is 10.2. The van der Waals surface area contributed by atoms with Crippen LogP contribution in [0.5, 0.6) is 0 Å². The van der Waals surface area contributed by atoms with Crippen molar-refractivity contribution in [2.45, 2.75) is 45.9 Å². The van der Waals surface area contributed by atoms with Gasteiger partial charge >= 0.3 is 0 Å². The lowest BCUT2D eigenvalue weighted by molar-refractivity contribution is 0.0388. The van der Waals surface area contributed by atoms with E-state index in [9.17, 15) is 0 Å². The van der Waals surface area contributed by atoms with Gasteiger partial charge in [0.15, 0.2) is 0 Å². The average molecular weight is 253 g/mol. The molecule has 2 rings (SSSR count). The second-order valence-corrected chi connectivity index (χ2v) is 4.70. The van der Waals surface area contributed by atoms with Crippen molar-refractivity contribution in [2.75, 3.05) is 19.8 Å². The van der Waals surface area contributed by atoms with Crippen LogP contribution < -0.4 is 5.32 Å². The number of rotatable bonds is 9. The molecule has 102 valence electrons. The van der Waals surface area contributed by atoms with Gasteiger partial charge in [-0.1, -0.05) is 0 Å². The van der Waals surface area contributed by atoms with Crippen molar-refractivity contribution in [2.24, 2.45) is 0 Å². The SMILES string of the molecule is CCOCCOCc1cc(CNC2CC2)c(C)o1. The van der Waals surface area contributed by atoms with Crippen molar-refractivity contribution >= 4 is 0 Å². The number of nitrogens with one attached hydrogen (secondary N) is 1. The van der Waals surface area contributed by atoms with Gasteiger partial charge in [0.25, 0.3) is 0 Å². The van der Waals surface area contributed by atoms with E-state index in [0.29, 0.717) is 19.8 Å². The van der Waals surface area contributed by atoms with Crippen molar-refractivity contribution < 1.29 is 13.9 Å². The van der Waals surface area contributed by atoms with E-state index >= 15 is 0 Å². The largest absolute Gasteiger partial charge is 0.464 e. The Hall–Kier alpha value is -0.840. The van der Waals surface area contributed by atoms with E-state index in [4.69, 9.17) is 13.9 Å². The Kier molecular flexibility index (Phi) is 5.23. The number of hydrogen-bond acceptors (Lipinski definition) is 4. The molecular weight excluding hydrogens is 230 g/mol. The van der Waals surface area contributed by atoms with Crippen molar-refractivity contribution in [3.05, 3.63) is 23.2 Å². The van der Waals surface area contributed by atoms with Crippen LogP contribution in [0.4, 0.5) is 0 Å². The Balaban J connectivity index is 1.69. The van der Waals surface area contributed by atoms with Gasteiger partial charge < -0.3 is 19.2 Å². The molecule has 1 fully saturated rings. The average Bonchev–Trinajstić information content (AvgIpc) is 3.11. The predicted molar refractivity (Wildman–Crippen MR) is 69.5 cm³/mol. The van der Waals surface area contributed by atoms with Gasteiger partial charge in [-0.05, 0) is 32.8 Å². The standard InChI is InChI=1S/C14H23NO3/c1-3-16-6-7-17-10-14-8-12(11(2)18-14)9-15-13-4-5-13/h8,13,15H,3-7,9-10H2,1-2H3. The summed E-state index contributed by atoms with van der Waals surface area (Å²) in [6, 6.07) is 2.82. The monoisotopic (exact) mass is 253 g/mol. The maximum atomic E-state index is 5.67. The van der Waals surface area contributed by atoms with Crippen LogP contribution in [0.2, 0.25) is 0 Å². The van der Waals surface area contributed by atoms with Gasteiger partial charge in [-0.3, -0.25) is 0 Å². The fraction of sp³-hybridized carbons (Fsp3) is 0.714. The summed E-state index contributed by atoms with van der Waals surface area (Å²) in [5.41, 5.74) is 1.24. The molecule has 1 aromatic heterocycles. The highest BCUT2D eigenvalue weighted by molar-refractivity contribution is 5.20. The molecule has 4 nitrogen and oxygen atoms in total. The quantitative estimate of drug-likeness (QED) is 0.686. The Morgan fingerprint density at radius 1 is 1.33 bits per heavy atom. The van der Waals surface area contributed by atoms with Crippen molar-refractivity contribution in [1.82, 2.24) is 5.32 Å². The van der Waals surface area contributed by atoms with Crippen LogP contribution in [-0.4, -0.2) is 25.9 Å². The molecule has 0 bridgehead atoms. The Labute approximate surface area is 109 Å². The van der Waals surface area contributed by atoms with E-state index in [1.165, 1.54) is 18.4 Å². The maximum Gasteiger partial charge on any atom is 0.130 e. The lowest BCUT2D eigenvalue weighted by Gasteiger charge is -2.01. The zero-order valence-electron chi connectivity index (χ0n) is 11.3. The number of hydrogen-bond donors (Lipinski definition) is 1. The zero-order valence-corrected chi connectivity index (χ0v) is 11.3. The molecule has 0 aliphatic heterocycles. The van der Waals surface area contributed by atoms with Crippen LogP contribution in [0.15, 0.2) is 10.5 Å². The molecule has 1 N–H and O–H groups in total. The summed E-state index contributed by atoms with van der Waals surface area (Å²) >= 11 is 0. The van der Waals surface area contributed by atoms with E-state index in [1.54, 1.807) is 0 Å². The highest BCUT2D eigenvalue weighted by Crippen LogP contribution is 2.21. The highest BCUT2D eigenvalue weighted by Gasteiger charge is 2.20. The summed E-state index contributed by atoms with van der Waals surface area (Å²) in [4.78, 5) is 0. The van der Waals surface area contributed by atoms with Gasteiger partial charge in [0, 0.05) is 24.8 Å². The van der Waals surface area contributed by atoms with Crippen molar-refractivity contribution in [3.63, 3.8) is 0 Å². The summed E-state index contributed by atoms with van der Waals surface area (Å²) in [7, 11) is 0. The third kappa shape index (κ3) is 4.44. The van der Waals surface area contributed by atoms with Crippen molar-refractivity contribution in [3.8, 4) is 0 Å². The summed E-state index contributed by atoms with van der Waals surface area (Å²) in [6.45, 7) is 7.41. The van der Waals surface area contributed by atoms with Crippen LogP contribution in [-0.2, 0) is 22.6 Å². The predicted octanol–water partition coefficient (Wildman–Crippen LogP) is 2.39. The molecule has 0 radical (unpaired) electrons. The van der Waals surface area contributed by atoms with Gasteiger partial charge in [0.1, 0.15) is 18.1 Å². The van der Waals surface area contributed by atoms with E-state index in [0.717, 1.165) is 30.7 Å². The molecule has 1 saturated carbocycles. The zero-order chi connectivity index (χ0) is 12.8. The molecule has 0 aromatic carbocycles. The summed E-state index contributed by atoms with van der Waals surface area (Å²) in [5.74, 6) is 1.89. The van der Waals surface area contributed by atoms with Gasteiger partial charge in [0.05, 0.1) is 13.2 Å². The highest BCUT2D eigenvalue weighted by atomic mass is 16.5. The molecule has 0 saturated heterocycles. The molecule has 0 unspecified atom stereocenters. The van der Waals surface area contributed by atoms with Gasteiger partial charge in [-0.2, -0.15) is 0 Å². The van der Waals surface area contributed by atoms with E-state index in [1.807, 2.05) is 13.8 Å². The first-order chi connectivity index (χ1) is 8.79. The molecule has 18 heavy (non-hydrogen) atoms. The molecule has 0 amide bonds. The molecule has 1 aliphatic rings. The van der Waals surface area contributed by atoms with Gasteiger partial charge in [0.2, 0.25) is 0 Å². The Morgan fingerprint density at radius 3 is 2.83 bits per heavy atom.